The van der Waals surface area contributed by atoms with E-state index in [1.54, 1.807) is 0 Å². The second kappa shape index (κ2) is 4.04. The first kappa shape index (κ1) is 10.4. The molecule has 0 fully saturated rings. The van der Waals surface area contributed by atoms with E-state index in [1.165, 1.54) is 6.07 Å². The Hall–Kier alpha value is -1.65. The summed E-state index contributed by atoms with van der Waals surface area (Å²) in [5.41, 5.74) is 0.0439. The van der Waals surface area contributed by atoms with Gasteiger partial charge in [-0.1, -0.05) is 0 Å². The summed E-state index contributed by atoms with van der Waals surface area (Å²) < 4.78 is 13.1. The van der Waals surface area contributed by atoms with Gasteiger partial charge in [-0.25, -0.2) is 0 Å². The van der Waals surface area contributed by atoms with E-state index in [9.17, 15) is 14.5 Å². The molecule has 0 unspecified atom stereocenters. The number of nitrogens with one attached hydrogen (secondary N) is 1. The SMILES string of the molecule is CC(C)Nc1ccc([N+](=O)[O-])c(F)c1. The molecule has 14 heavy (non-hydrogen) atoms. The Kier molecular flexibility index (Phi) is 3.01. The quantitative estimate of drug-likeness (QED) is 0.599. The zero-order valence-electron chi connectivity index (χ0n) is 7.95. The minimum Gasteiger partial charge on any atom is -0.383 e. The van der Waals surface area contributed by atoms with Gasteiger partial charge in [-0.15, -0.1) is 0 Å². The lowest BCUT2D eigenvalue weighted by molar-refractivity contribution is -0.387. The zero-order valence-corrected chi connectivity index (χ0v) is 7.95. The van der Waals surface area contributed by atoms with Crippen LogP contribution in [0.1, 0.15) is 13.8 Å². The third kappa shape index (κ3) is 2.42. The number of hydrogen-bond donors (Lipinski definition) is 1. The highest BCUT2D eigenvalue weighted by Crippen LogP contribution is 2.20. The van der Waals surface area contributed by atoms with Crippen LogP contribution in [-0.4, -0.2) is 11.0 Å². The summed E-state index contributed by atoms with van der Waals surface area (Å²) in [6, 6.07) is 3.93. The number of benzene rings is 1. The van der Waals surface area contributed by atoms with Crippen LogP contribution in [0.5, 0.6) is 0 Å². The van der Waals surface area contributed by atoms with Crippen molar-refractivity contribution in [2.24, 2.45) is 0 Å². The highest BCUT2D eigenvalue weighted by atomic mass is 19.1. The molecule has 0 heterocycles. The van der Waals surface area contributed by atoms with Crippen molar-refractivity contribution in [3.8, 4) is 0 Å². The average molecular weight is 198 g/mol. The predicted molar refractivity (Wildman–Crippen MR) is 51.8 cm³/mol. The number of rotatable bonds is 3. The summed E-state index contributed by atoms with van der Waals surface area (Å²) in [7, 11) is 0. The molecule has 5 heteroatoms. The lowest BCUT2D eigenvalue weighted by atomic mass is 10.2. The number of anilines is 1. The molecule has 1 aromatic rings. The molecular weight excluding hydrogens is 187 g/mol. The van der Waals surface area contributed by atoms with Crippen molar-refractivity contribution in [2.75, 3.05) is 5.32 Å². The molecule has 0 aliphatic carbocycles. The van der Waals surface area contributed by atoms with Crippen molar-refractivity contribution < 1.29 is 9.31 Å². The first-order valence-electron chi connectivity index (χ1n) is 4.21. The molecule has 1 aromatic carbocycles. The van der Waals surface area contributed by atoms with E-state index in [4.69, 9.17) is 0 Å². The molecule has 0 aromatic heterocycles. The van der Waals surface area contributed by atoms with Gasteiger partial charge in [0.15, 0.2) is 0 Å². The summed E-state index contributed by atoms with van der Waals surface area (Å²) in [6.07, 6.45) is 0. The van der Waals surface area contributed by atoms with Crippen molar-refractivity contribution in [3.05, 3.63) is 34.1 Å². The Balaban J connectivity index is 2.94. The van der Waals surface area contributed by atoms with Crippen molar-refractivity contribution in [3.63, 3.8) is 0 Å². The summed E-state index contributed by atoms with van der Waals surface area (Å²) >= 11 is 0. The molecule has 0 aliphatic rings. The van der Waals surface area contributed by atoms with Gasteiger partial charge in [0.05, 0.1) is 4.92 Å². The third-order valence-electron chi connectivity index (χ3n) is 1.60. The van der Waals surface area contributed by atoms with Gasteiger partial charge in [-0.05, 0) is 19.9 Å². The number of nitro benzene ring substituents is 1. The summed E-state index contributed by atoms with van der Waals surface area (Å²) in [5.74, 6) is -0.819. The molecule has 0 atom stereocenters. The van der Waals surface area contributed by atoms with E-state index in [0.717, 1.165) is 12.1 Å². The number of hydrogen-bond acceptors (Lipinski definition) is 3. The largest absolute Gasteiger partial charge is 0.383 e. The van der Waals surface area contributed by atoms with Crippen LogP contribution in [0.3, 0.4) is 0 Å². The molecule has 0 spiro atoms. The molecule has 4 nitrogen and oxygen atoms in total. The first-order valence-corrected chi connectivity index (χ1v) is 4.21. The minimum atomic E-state index is -0.819. The molecule has 1 rings (SSSR count). The molecule has 0 amide bonds. The highest BCUT2D eigenvalue weighted by Gasteiger charge is 2.13. The van der Waals surface area contributed by atoms with Gasteiger partial charge in [-0.2, -0.15) is 4.39 Å². The highest BCUT2D eigenvalue weighted by molar-refractivity contribution is 5.49. The number of halogens is 1. The minimum absolute atomic E-state index is 0.163. The van der Waals surface area contributed by atoms with Crippen LogP contribution in [0, 0.1) is 15.9 Å². The second-order valence-corrected chi connectivity index (χ2v) is 3.22. The van der Waals surface area contributed by atoms with E-state index in [-0.39, 0.29) is 6.04 Å². The fourth-order valence-electron chi connectivity index (χ4n) is 1.08. The predicted octanol–water partition coefficient (Wildman–Crippen LogP) is 2.55. The molecular formula is C9H11FN2O2. The molecule has 0 bridgehead atoms. The monoisotopic (exact) mass is 198 g/mol. The van der Waals surface area contributed by atoms with Crippen LogP contribution in [0.15, 0.2) is 18.2 Å². The molecule has 0 saturated heterocycles. The van der Waals surface area contributed by atoms with Gasteiger partial charge >= 0.3 is 5.69 Å². The van der Waals surface area contributed by atoms with E-state index < -0.39 is 16.4 Å². The van der Waals surface area contributed by atoms with Gasteiger partial charge in [0.25, 0.3) is 0 Å². The molecule has 76 valence electrons. The van der Waals surface area contributed by atoms with Crippen molar-refractivity contribution in [1.82, 2.24) is 0 Å². The standard InChI is InChI=1S/C9H11FN2O2/c1-6(2)11-7-3-4-9(12(13)14)8(10)5-7/h3-6,11H,1-2H3. The number of nitro groups is 1. The van der Waals surface area contributed by atoms with E-state index >= 15 is 0 Å². The van der Waals surface area contributed by atoms with Gasteiger partial charge in [0.2, 0.25) is 5.82 Å². The van der Waals surface area contributed by atoms with Crippen LogP contribution in [-0.2, 0) is 0 Å². The molecule has 1 N–H and O–H groups in total. The van der Waals surface area contributed by atoms with Crippen molar-refractivity contribution >= 4 is 11.4 Å². The van der Waals surface area contributed by atoms with Crippen LogP contribution >= 0.6 is 0 Å². The summed E-state index contributed by atoms with van der Waals surface area (Å²) in [5, 5.41) is 13.2. The van der Waals surface area contributed by atoms with E-state index in [2.05, 4.69) is 5.32 Å². The van der Waals surface area contributed by atoms with Crippen LogP contribution < -0.4 is 5.32 Å². The maximum atomic E-state index is 13.1. The first-order chi connectivity index (χ1) is 6.50. The Morgan fingerprint density at radius 2 is 2.14 bits per heavy atom. The fourth-order valence-corrected chi connectivity index (χ4v) is 1.08. The van der Waals surface area contributed by atoms with Gasteiger partial charge in [0.1, 0.15) is 0 Å². The lowest BCUT2D eigenvalue weighted by Crippen LogP contribution is -2.09. The van der Waals surface area contributed by atoms with Crippen LogP contribution in [0.25, 0.3) is 0 Å². The van der Waals surface area contributed by atoms with Gasteiger partial charge in [0, 0.05) is 23.9 Å². The smallest absolute Gasteiger partial charge is 0.304 e. The Bertz CT molecular complexity index is 353. The second-order valence-electron chi connectivity index (χ2n) is 3.22. The molecule has 0 saturated carbocycles. The van der Waals surface area contributed by atoms with Crippen LogP contribution in [0.2, 0.25) is 0 Å². The zero-order chi connectivity index (χ0) is 10.7. The Morgan fingerprint density at radius 1 is 1.50 bits per heavy atom. The maximum Gasteiger partial charge on any atom is 0.304 e. The fraction of sp³-hybridized carbons (Fsp3) is 0.333. The average Bonchev–Trinajstić information content (AvgIpc) is 2.01. The maximum absolute atomic E-state index is 13.1. The van der Waals surface area contributed by atoms with Crippen molar-refractivity contribution in [1.29, 1.82) is 0 Å². The van der Waals surface area contributed by atoms with Gasteiger partial charge < -0.3 is 5.32 Å². The topological polar surface area (TPSA) is 55.2 Å². The molecule has 0 aliphatic heterocycles. The summed E-state index contributed by atoms with van der Waals surface area (Å²) in [4.78, 5) is 9.56. The Labute approximate surface area is 80.9 Å². The number of nitrogens with zero attached hydrogens (tertiary/aromatic N) is 1. The van der Waals surface area contributed by atoms with E-state index in [1.807, 2.05) is 13.8 Å². The lowest BCUT2D eigenvalue weighted by Gasteiger charge is -2.09. The third-order valence-corrected chi connectivity index (χ3v) is 1.60. The summed E-state index contributed by atoms with van der Waals surface area (Å²) in [6.45, 7) is 3.80. The Morgan fingerprint density at radius 3 is 2.57 bits per heavy atom. The van der Waals surface area contributed by atoms with E-state index in [0.29, 0.717) is 5.69 Å². The normalized spacial score (nSPS) is 10.3. The van der Waals surface area contributed by atoms with Crippen molar-refractivity contribution in [2.45, 2.75) is 19.9 Å². The van der Waals surface area contributed by atoms with Crippen LogP contribution in [0.4, 0.5) is 15.8 Å². The molecule has 0 radical (unpaired) electrons. The van der Waals surface area contributed by atoms with Gasteiger partial charge in [-0.3, -0.25) is 10.1 Å².